The van der Waals surface area contributed by atoms with Crippen LogP contribution in [-0.4, -0.2) is 131 Å². The van der Waals surface area contributed by atoms with Crippen LogP contribution >= 0.6 is 11.6 Å². The first-order valence-electron chi connectivity index (χ1n) is 17.5. The van der Waals surface area contributed by atoms with Gasteiger partial charge in [-0.15, -0.1) is 0 Å². The number of allylic oxidation sites excluding steroid dienone is 3. The van der Waals surface area contributed by atoms with Crippen molar-refractivity contribution < 1.29 is 68.3 Å². The van der Waals surface area contributed by atoms with Crippen LogP contribution in [-0.2, 0) is 39.7 Å². The molecule has 294 valence electrons. The van der Waals surface area contributed by atoms with Gasteiger partial charge >= 0.3 is 12.1 Å². The van der Waals surface area contributed by atoms with Gasteiger partial charge in [-0.05, 0) is 38.0 Å². The number of amides is 2. The quantitative estimate of drug-likeness (QED) is 0.177. The number of carbonyl (C=O) groups excluding carboxylic acids is 3. The largest absolute Gasteiger partial charge is 0.495 e. The number of hydrogen-bond acceptors (Lipinski definition) is 14. The number of alkyl carbamates (subject to hydrolysis) is 1. The van der Waals surface area contributed by atoms with Crippen LogP contribution in [0.2, 0.25) is 5.02 Å². The minimum atomic E-state index is -1.89. The number of nitrogens with one attached hydrogen (secondary N) is 1. The van der Waals surface area contributed by atoms with E-state index in [-0.39, 0.29) is 35.7 Å². The Kier molecular flexibility index (Phi) is 12.5. The van der Waals surface area contributed by atoms with Gasteiger partial charge in [-0.1, -0.05) is 49.2 Å². The van der Waals surface area contributed by atoms with Crippen LogP contribution in [0.5, 0.6) is 5.75 Å². The SMILES string of the molecule is CCC(=O)OC1CC(=O)N(C2OC(CO)C(O)C(O)C2O)c2cc(cc(OC)c2Cl)CC(C)=CC=CC(OC)C2(O)CC(OC(=O)N2)C(C)C2OC12C. The Morgan fingerprint density at radius 3 is 2.51 bits per heavy atom. The molecule has 0 radical (unpaired) electrons. The molecule has 16 nitrogen and oxygen atoms in total. The number of aliphatic hydroxyl groups is 5. The van der Waals surface area contributed by atoms with E-state index in [0.29, 0.717) is 5.56 Å². The van der Waals surface area contributed by atoms with Gasteiger partial charge in [-0.25, -0.2) is 4.79 Å². The second kappa shape index (κ2) is 16.2. The minimum Gasteiger partial charge on any atom is -0.495 e. The molecule has 3 saturated heterocycles. The summed E-state index contributed by atoms with van der Waals surface area (Å²) in [5.74, 6) is -1.89. The summed E-state index contributed by atoms with van der Waals surface area (Å²) >= 11 is 6.87. The van der Waals surface area contributed by atoms with Crippen LogP contribution in [0.25, 0.3) is 0 Å². The van der Waals surface area contributed by atoms with Gasteiger partial charge in [-0.3, -0.25) is 19.8 Å². The number of fused-ring (bicyclic) bond motifs is 5. The predicted octanol–water partition coefficient (Wildman–Crippen LogP) is 1.25. The third-order valence-corrected chi connectivity index (χ3v) is 10.8. The molecule has 12 atom stereocenters. The van der Waals surface area contributed by atoms with E-state index in [9.17, 15) is 39.9 Å². The van der Waals surface area contributed by atoms with Crippen molar-refractivity contribution in [2.75, 3.05) is 25.7 Å². The second-order valence-corrected chi connectivity index (χ2v) is 14.5. The molecule has 4 aliphatic heterocycles. The topological polar surface area (TPSA) is 226 Å². The third-order valence-electron chi connectivity index (χ3n) is 10.4. The van der Waals surface area contributed by atoms with Gasteiger partial charge in [0.1, 0.15) is 59.1 Å². The van der Waals surface area contributed by atoms with E-state index >= 15 is 0 Å². The molecule has 0 aliphatic carbocycles. The third kappa shape index (κ3) is 8.21. The molecule has 17 heteroatoms. The molecule has 6 N–H and O–H groups in total. The lowest BCUT2D eigenvalue weighted by Gasteiger charge is -2.45. The van der Waals surface area contributed by atoms with Gasteiger partial charge in [-0.2, -0.15) is 0 Å². The van der Waals surface area contributed by atoms with Crippen molar-refractivity contribution >= 4 is 35.3 Å². The molecule has 1 aromatic carbocycles. The van der Waals surface area contributed by atoms with E-state index in [1.165, 1.54) is 14.2 Å². The van der Waals surface area contributed by atoms with E-state index < -0.39 is 103 Å². The van der Waals surface area contributed by atoms with E-state index in [2.05, 4.69) is 5.32 Å². The molecule has 0 saturated carbocycles. The van der Waals surface area contributed by atoms with Crippen LogP contribution in [0.1, 0.15) is 52.5 Å². The maximum absolute atomic E-state index is 14.7. The Bertz CT molecular complexity index is 1610. The Balaban J connectivity index is 1.68. The van der Waals surface area contributed by atoms with Gasteiger partial charge in [0.05, 0.1) is 31.9 Å². The molecule has 0 aromatic heterocycles. The number of ether oxygens (including phenoxy) is 6. The molecule has 53 heavy (non-hydrogen) atoms. The van der Waals surface area contributed by atoms with Crippen molar-refractivity contribution in [3.8, 4) is 5.75 Å². The molecule has 1 aromatic rings. The maximum Gasteiger partial charge on any atom is 0.409 e. The molecule has 12 unspecified atom stereocenters. The van der Waals surface area contributed by atoms with Crippen molar-refractivity contribution in [3.05, 3.63) is 46.5 Å². The number of anilines is 1. The first kappa shape index (κ1) is 40.9. The molecule has 4 aliphatic rings. The zero-order valence-corrected chi connectivity index (χ0v) is 31.2. The van der Waals surface area contributed by atoms with Crippen molar-refractivity contribution in [1.82, 2.24) is 5.32 Å². The zero-order valence-electron chi connectivity index (χ0n) is 30.4. The summed E-state index contributed by atoms with van der Waals surface area (Å²) in [6, 6.07) is 3.23. The highest BCUT2D eigenvalue weighted by Crippen LogP contribution is 2.49. The normalized spacial score (nSPS) is 37.9. The number of carbonyl (C=O) groups is 3. The average molecular weight is 769 g/mol. The van der Waals surface area contributed by atoms with Crippen molar-refractivity contribution in [2.24, 2.45) is 5.92 Å². The van der Waals surface area contributed by atoms with Crippen LogP contribution in [0.3, 0.4) is 0 Å². The fourth-order valence-electron chi connectivity index (χ4n) is 7.31. The zero-order chi connectivity index (χ0) is 39.0. The summed E-state index contributed by atoms with van der Waals surface area (Å²) in [7, 11) is 2.77. The van der Waals surface area contributed by atoms with Gasteiger partial charge in [0.15, 0.2) is 12.0 Å². The molecule has 4 heterocycles. The minimum absolute atomic E-state index is 0.00240. The summed E-state index contributed by atoms with van der Waals surface area (Å²) in [6.45, 7) is 6.02. The first-order chi connectivity index (χ1) is 25.0. The van der Waals surface area contributed by atoms with Crippen molar-refractivity contribution in [3.63, 3.8) is 0 Å². The number of epoxide rings is 1. The Labute approximate surface area is 312 Å². The number of halogens is 1. The summed E-state index contributed by atoms with van der Waals surface area (Å²) in [6.07, 6.45) is -8.72. The van der Waals surface area contributed by atoms with Crippen molar-refractivity contribution in [1.29, 1.82) is 0 Å². The average Bonchev–Trinajstić information content (AvgIpc) is 3.81. The Morgan fingerprint density at radius 1 is 1.15 bits per heavy atom. The number of rotatable bonds is 6. The molecule has 0 spiro atoms. The summed E-state index contributed by atoms with van der Waals surface area (Å²) in [4.78, 5) is 41.4. The van der Waals surface area contributed by atoms with E-state index in [1.54, 1.807) is 51.1 Å². The highest BCUT2D eigenvalue weighted by atomic mass is 35.5. The van der Waals surface area contributed by atoms with E-state index in [1.807, 2.05) is 6.92 Å². The van der Waals surface area contributed by atoms with Crippen LogP contribution in [0.4, 0.5) is 10.5 Å². The number of benzene rings is 1. The fourth-order valence-corrected chi connectivity index (χ4v) is 7.59. The molecular weight excluding hydrogens is 720 g/mol. The Morgan fingerprint density at radius 2 is 1.87 bits per heavy atom. The highest BCUT2D eigenvalue weighted by molar-refractivity contribution is 6.35. The second-order valence-electron chi connectivity index (χ2n) is 14.2. The smallest absolute Gasteiger partial charge is 0.409 e. The molecular formula is C36H49ClN2O14. The van der Waals surface area contributed by atoms with E-state index in [0.717, 1.165) is 10.5 Å². The lowest BCUT2D eigenvalue weighted by Crippen LogP contribution is -2.64. The predicted molar refractivity (Wildman–Crippen MR) is 187 cm³/mol. The molecule has 5 rings (SSSR count). The summed E-state index contributed by atoms with van der Waals surface area (Å²) < 4.78 is 34.7. The monoisotopic (exact) mass is 768 g/mol. The fraction of sp³-hybridized carbons (Fsp3) is 0.639. The summed E-state index contributed by atoms with van der Waals surface area (Å²) in [5.41, 5.74) is -1.81. The van der Waals surface area contributed by atoms with Crippen molar-refractivity contribution in [2.45, 2.75) is 120 Å². The van der Waals surface area contributed by atoms with Gasteiger partial charge in [0, 0.05) is 25.9 Å². The van der Waals surface area contributed by atoms with Crippen LogP contribution in [0, 0.1) is 5.92 Å². The Hall–Kier alpha value is -3.32. The molecule has 2 amide bonds. The maximum atomic E-state index is 14.7. The number of methoxy groups -OCH3 is 2. The first-order valence-corrected chi connectivity index (χ1v) is 17.8. The van der Waals surface area contributed by atoms with Crippen LogP contribution < -0.4 is 15.0 Å². The molecule has 4 bridgehead atoms. The summed E-state index contributed by atoms with van der Waals surface area (Å²) in [5, 5.41) is 56.7. The van der Waals surface area contributed by atoms with Gasteiger partial charge in [0.25, 0.3) is 0 Å². The number of esters is 1. The molecule has 3 fully saturated rings. The standard InChI is InChI=1S/C36H49ClN2O14/c1-7-27(42)52-25-14-26(41)39(33-31(45)30(44)29(43)23(16-40)50-33)20-12-19(13-21(48-5)28(20)37)11-17(2)9-8-10-24(49-6)36(47)15-22(51-34(46)38-36)18(3)32-35(25,4)53-32/h8-10,12-13,18,22-25,29-33,40,43-45,47H,7,11,14-16H2,1-6H3,(H,38,46). The van der Waals surface area contributed by atoms with Crippen LogP contribution in [0.15, 0.2) is 35.9 Å². The lowest BCUT2D eigenvalue weighted by molar-refractivity contribution is -0.228. The lowest BCUT2D eigenvalue weighted by atomic mass is 9.83. The van der Waals surface area contributed by atoms with Gasteiger partial charge < -0.3 is 54.0 Å². The number of nitrogens with zero attached hydrogens (tertiary/aromatic N) is 1. The highest BCUT2D eigenvalue weighted by Gasteiger charge is 2.64. The van der Waals surface area contributed by atoms with Gasteiger partial charge in [0.2, 0.25) is 5.91 Å². The number of hydrogen-bond donors (Lipinski definition) is 6. The van der Waals surface area contributed by atoms with E-state index in [4.69, 9.17) is 40.0 Å². The number of aliphatic hydroxyl groups excluding tert-OH is 4.